The van der Waals surface area contributed by atoms with Gasteiger partial charge in [0.2, 0.25) is 5.82 Å². The predicted molar refractivity (Wildman–Crippen MR) is 80.6 cm³/mol. The number of rotatable bonds is 4. The van der Waals surface area contributed by atoms with E-state index in [0.717, 1.165) is 32.6 Å². The van der Waals surface area contributed by atoms with E-state index in [0.29, 0.717) is 29.4 Å². The standard InChI is InChI=1S/C14H23N5O2/c1-4-5-18-14(13(19(20)21)9(2)16-18)17-8-11-6-15-7-12(11)10(17)3/h10-12,15H,4-8H2,1-3H3. The molecule has 0 radical (unpaired) electrons. The molecule has 3 atom stereocenters. The van der Waals surface area contributed by atoms with Crippen LogP contribution in [0.2, 0.25) is 0 Å². The minimum absolute atomic E-state index is 0.184. The molecular formula is C14H23N5O2. The van der Waals surface area contributed by atoms with Crippen LogP contribution in [0.3, 0.4) is 0 Å². The van der Waals surface area contributed by atoms with E-state index >= 15 is 0 Å². The molecule has 2 aliphatic rings. The molecule has 0 bridgehead atoms. The van der Waals surface area contributed by atoms with Crippen LogP contribution in [0.1, 0.15) is 26.0 Å². The van der Waals surface area contributed by atoms with Crippen LogP contribution >= 0.6 is 0 Å². The van der Waals surface area contributed by atoms with Gasteiger partial charge in [-0.1, -0.05) is 6.92 Å². The summed E-state index contributed by atoms with van der Waals surface area (Å²) in [4.78, 5) is 13.4. The van der Waals surface area contributed by atoms with E-state index in [1.807, 2.05) is 4.68 Å². The van der Waals surface area contributed by atoms with E-state index < -0.39 is 0 Å². The molecule has 7 heteroatoms. The highest BCUT2D eigenvalue weighted by atomic mass is 16.6. The fourth-order valence-electron chi connectivity index (χ4n) is 3.87. The molecule has 1 N–H and O–H groups in total. The maximum Gasteiger partial charge on any atom is 0.333 e. The van der Waals surface area contributed by atoms with E-state index in [1.165, 1.54) is 0 Å². The fraction of sp³-hybridized carbons (Fsp3) is 0.786. The molecule has 2 saturated heterocycles. The zero-order valence-electron chi connectivity index (χ0n) is 12.9. The third-order valence-corrected chi connectivity index (χ3v) is 4.89. The maximum absolute atomic E-state index is 11.5. The second-order valence-electron chi connectivity index (χ2n) is 6.21. The number of hydrogen-bond donors (Lipinski definition) is 1. The highest BCUT2D eigenvalue weighted by Gasteiger charge is 2.45. The molecule has 2 fully saturated rings. The number of aromatic nitrogens is 2. The average molecular weight is 293 g/mol. The molecular weight excluding hydrogens is 270 g/mol. The van der Waals surface area contributed by atoms with Crippen LogP contribution < -0.4 is 10.2 Å². The molecule has 3 unspecified atom stereocenters. The monoisotopic (exact) mass is 293 g/mol. The van der Waals surface area contributed by atoms with Crippen molar-refractivity contribution in [3.63, 3.8) is 0 Å². The van der Waals surface area contributed by atoms with Crippen LogP contribution in [0, 0.1) is 28.9 Å². The topological polar surface area (TPSA) is 76.2 Å². The Morgan fingerprint density at radius 1 is 1.48 bits per heavy atom. The number of nitrogens with zero attached hydrogens (tertiary/aromatic N) is 4. The molecule has 21 heavy (non-hydrogen) atoms. The lowest BCUT2D eigenvalue weighted by Gasteiger charge is -2.26. The number of hydrogen-bond acceptors (Lipinski definition) is 5. The molecule has 1 aromatic heterocycles. The lowest BCUT2D eigenvalue weighted by atomic mass is 9.95. The molecule has 0 aliphatic carbocycles. The van der Waals surface area contributed by atoms with Crippen molar-refractivity contribution in [3.05, 3.63) is 15.8 Å². The Bertz CT molecular complexity index is 556. The molecule has 0 amide bonds. The Balaban J connectivity index is 2.02. The number of anilines is 1. The number of nitro groups is 1. The van der Waals surface area contributed by atoms with E-state index in [-0.39, 0.29) is 10.6 Å². The van der Waals surface area contributed by atoms with Crippen molar-refractivity contribution >= 4 is 11.5 Å². The molecule has 2 aliphatic heterocycles. The van der Waals surface area contributed by atoms with Crippen molar-refractivity contribution in [2.45, 2.75) is 39.8 Å². The van der Waals surface area contributed by atoms with Gasteiger partial charge in [0.05, 0.1) is 4.92 Å². The highest BCUT2D eigenvalue weighted by Crippen LogP contribution is 2.40. The zero-order chi connectivity index (χ0) is 15.1. The summed E-state index contributed by atoms with van der Waals surface area (Å²) in [6.45, 7) is 9.61. The number of fused-ring (bicyclic) bond motifs is 1. The summed E-state index contributed by atoms with van der Waals surface area (Å²) in [5.74, 6) is 1.88. The van der Waals surface area contributed by atoms with Gasteiger partial charge < -0.3 is 10.2 Å². The Morgan fingerprint density at radius 3 is 2.86 bits per heavy atom. The van der Waals surface area contributed by atoms with Gasteiger partial charge in [-0.25, -0.2) is 4.68 Å². The van der Waals surface area contributed by atoms with Gasteiger partial charge in [0, 0.05) is 32.2 Å². The Labute approximate surface area is 124 Å². The second kappa shape index (κ2) is 5.29. The van der Waals surface area contributed by atoms with Crippen LogP contribution in [0.5, 0.6) is 0 Å². The Morgan fingerprint density at radius 2 is 2.24 bits per heavy atom. The maximum atomic E-state index is 11.5. The molecule has 1 aromatic rings. The van der Waals surface area contributed by atoms with Gasteiger partial charge in [-0.05, 0) is 32.1 Å². The van der Waals surface area contributed by atoms with E-state index in [9.17, 15) is 10.1 Å². The third kappa shape index (κ3) is 2.19. The highest BCUT2D eigenvalue weighted by molar-refractivity contribution is 5.62. The van der Waals surface area contributed by atoms with Crippen LogP contribution in [0.15, 0.2) is 0 Å². The predicted octanol–water partition coefficient (Wildman–Crippen LogP) is 1.55. The van der Waals surface area contributed by atoms with Gasteiger partial charge in [-0.15, -0.1) is 0 Å². The third-order valence-electron chi connectivity index (χ3n) is 4.89. The van der Waals surface area contributed by atoms with Crippen LogP contribution in [-0.2, 0) is 6.54 Å². The Hall–Kier alpha value is -1.63. The molecule has 116 valence electrons. The summed E-state index contributed by atoms with van der Waals surface area (Å²) in [5.41, 5.74) is 0.703. The molecule has 0 spiro atoms. The van der Waals surface area contributed by atoms with E-state index in [1.54, 1.807) is 6.92 Å². The number of aryl methyl sites for hydroxylation is 2. The first-order chi connectivity index (χ1) is 10.0. The molecule has 0 saturated carbocycles. The van der Waals surface area contributed by atoms with Gasteiger partial charge in [-0.2, -0.15) is 5.10 Å². The number of nitrogens with one attached hydrogen (secondary N) is 1. The summed E-state index contributed by atoms with van der Waals surface area (Å²) in [5, 5.41) is 19.3. The second-order valence-corrected chi connectivity index (χ2v) is 6.21. The zero-order valence-corrected chi connectivity index (χ0v) is 12.9. The van der Waals surface area contributed by atoms with Gasteiger partial charge in [-0.3, -0.25) is 10.1 Å². The van der Waals surface area contributed by atoms with Crippen molar-refractivity contribution in [3.8, 4) is 0 Å². The summed E-state index contributed by atoms with van der Waals surface area (Å²) in [6.07, 6.45) is 0.919. The van der Waals surface area contributed by atoms with E-state index in [2.05, 4.69) is 29.2 Å². The summed E-state index contributed by atoms with van der Waals surface area (Å²) in [6, 6.07) is 0.315. The SMILES string of the molecule is CCCn1nc(C)c([N+](=O)[O-])c1N1CC2CNCC2C1C. The molecule has 3 heterocycles. The van der Waals surface area contributed by atoms with Crippen molar-refractivity contribution in [2.24, 2.45) is 11.8 Å². The van der Waals surface area contributed by atoms with Crippen LogP contribution in [0.25, 0.3) is 0 Å². The van der Waals surface area contributed by atoms with Crippen molar-refractivity contribution in [1.29, 1.82) is 0 Å². The average Bonchev–Trinajstić information content (AvgIpc) is 3.06. The molecule has 0 aromatic carbocycles. The normalized spacial score (nSPS) is 28.1. The fourth-order valence-corrected chi connectivity index (χ4v) is 3.87. The quantitative estimate of drug-likeness (QED) is 0.673. The minimum atomic E-state index is -0.275. The first kappa shape index (κ1) is 14.3. The first-order valence-corrected chi connectivity index (χ1v) is 7.73. The van der Waals surface area contributed by atoms with Gasteiger partial charge >= 0.3 is 5.69 Å². The lowest BCUT2D eigenvalue weighted by Crippen LogP contribution is -2.35. The van der Waals surface area contributed by atoms with Crippen LogP contribution in [0.4, 0.5) is 11.5 Å². The summed E-state index contributed by atoms with van der Waals surface area (Å²) < 4.78 is 1.83. The molecule has 7 nitrogen and oxygen atoms in total. The smallest absolute Gasteiger partial charge is 0.333 e. The lowest BCUT2D eigenvalue weighted by molar-refractivity contribution is -0.384. The first-order valence-electron chi connectivity index (χ1n) is 7.73. The minimum Gasteiger partial charge on any atom is -0.348 e. The van der Waals surface area contributed by atoms with Gasteiger partial charge in [0.15, 0.2) is 0 Å². The van der Waals surface area contributed by atoms with Crippen molar-refractivity contribution in [2.75, 3.05) is 24.5 Å². The van der Waals surface area contributed by atoms with Crippen LogP contribution in [-0.4, -0.2) is 40.4 Å². The van der Waals surface area contributed by atoms with Crippen molar-refractivity contribution in [1.82, 2.24) is 15.1 Å². The summed E-state index contributed by atoms with van der Waals surface area (Å²) >= 11 is 0. The molecule has 3 rings (SSSR count). The van der Waals surface area contributed by atoms with E-state index in [4.69, 9.17) is 0 Å². The van der Waals surface area contributed by atoms with Gasteiger partial charge in [0.1, 0.15) is 5.69 Å². The Kier molecular flexibility index (Phi) is 3.61. The van der Waals surface area contributed by atoms with Gasteiger partial charge in [0.25, 0.3) is 0 Å². The summed E-state index contributed by atoms with van der Waals surface area (Å²) in [7, 11) is 0. The largest absolute Gasteiger partial charge is 0.348 e. The van der Waals surface area contributed by atoms with Crippen molar-refractivity contribution < 1.29 is 4.92 Å².